The van der Waals surface area contributed by atoms with E-state index in [0.29, 0.717) is 19.6 Å². The highest BCUT2D eigenvalue weighted by molar-refractivity contribution is 5.81. The lowest BCUT2D eigenvalue weighted by atomic mass is 10.1. The lowest BCUT2D eigenvalue weighted by molar-refractivity contribution is -0.128. The van der Waals surface area contributed by atoms with Gasteiger partial charge >= 0.3 is 0 Å². The first-order chi connectivity index (χ1) is 12.0. The highest BCUT2D eigenvalue weighted by atomic mass is 16.5. The summed E-state index contributed by atoms with van der Waals surface area (Å²) in [6.45, 7) is 8.85. The molecule has 2 aromatic rings. The van der Waals surface area contributed by atoms with Gasteiger partial charge in [-0.1, -0.05) is 37.3 Å². The number of nitrogens with one attached hydrogen (secondary N) is 1. The Labute approximate surface area is 150 Å². The van der Waals surface area contributed by atoms with Crippen LogP contribution >= 0.6 is 0 Å². The summed E-state index contributed by atoms with van der Waals surface area (Å²) in [5.74, 6) is 1.49. The molecule has 0 spiro atoms. The molecule has 25 heavy (non-hydrogen) atoms. The van der Waals surface area contributed by atoms with Crippen molar-refractivity contribution in [3.05, 3.63) is 59.2 Å². The first kappa shape index (κ1) is 18.8. The summed E-state index contributed by atoms with van der Waals surface area (Å²) in [5, 5.41) is 2.89. The average Bonchev–Trinajstić information content (AvgIpc) is 2.61. The van der Waals surface area contributed by atoms with Gasteiger partial charge in [0.2, 0.25) is 0 Å². The molecule has 1 N–H and O–H groups in total. The van der Waals surface area contributed by atoms with Crippen molar-refractivity contribution in [3.8, 4) is 11.5 Å². The van der Waals surface area contributed by atoms with Crippen LogP contribution in [0.5, 0.6) is 11.5 Å². The number of hydrogen-bond donors (Lipinski definition) is 1. The van der Waals surface area contributed by atoms with E-state index in [9.17, 15) is 4.79 Å². The number of hydrogen-bond acceptors (Lipinski definition) is 3. The van der Waals surface area contributed by atoms with Crippen LogP contribution in [0.4, 0.5) is 0 Å². The van der Waals surface area contributed by atoms with Gasteiger partial charge in [-0.05, 0) is 56.0 Å². The van der Waals surface area contributed by atoms with Crippen molar-refractivity contribution in [1.29, 1.82) is 0 Å². The second kappa shape index (κ2) is 9.11. The summed E-state index contributed by atoms with van der Waals surface area (Å²) in [6, 6.07) is 13.7. The molecular weight excluding hydrogens is 314 g/mol. The maximum atomic E-state index is 12.4. The van der Waals surface area contributed by atoms with Gasteiger partial charge in [0.15, 0.2) is 6.10 Å². The Bertz CT molecular complexity index is 712. The third-order valence-electron chi connectivity index (χ3n) is 4.24. The predicted octanol–water partition coefficient (Wildman–Crippen LogP) is 3.96. The maximum Gasteiger partial charge on any atom is 0.261 e. The van der Waals surface area contributed by atoms with Crippen LogP contribution in [0.25, 0.3) is 0 Å². The minimum atomic E-state index is -0.501. The first-order valence-electron chi connectivity index (χ1n) is 8.72. The fourth-order valence-corrected chi connectivity index (χ4v) is 2.49. The molecule has 1 amide bonds. The van der Waals surface area contributed by atoms with Crippen LogP contribution in [0, 0.1) is 20.8 Å². The number of amides is 1. The Kier molecular flexibility index (Phi) is 6.87. The fourth-order valence-electron chi connectivity index (χ4n) is 2.49. The second-order valence-electron chi connectivity index (χ2n) is 6.12. The van der Waals surface area contributed by atoms with E-state index in [-0.39, 0.29) is 5.91 Å². The minimum Gasteiger partial charge on any atom is -0.491 e. The Balaban J connectivity index is 1.83. The summed E-state index contributed by atoms with van der Waals surface area (Å²) < 4.78 is 11.6. The molecule has 0 saturated carbocycles. The van der Waals surface area contributed by atoms with Gasteiger partial charge < -0.3 is 14.8 Å². The standard InChI is InChI=1S/C21H27NO3/c1-5-18(25-20-12-8-10-15(2)17(20)4)21(23)22-13-14-24-19-11-7-6-9-16(19)3/h6-12,18H,5,13-14H2,1-4H3,(H,22,23)/t18-/m1/s1. The van der Waals surface area contributed by atoms with E-state index in [1.165, 1.54) is 0 Å². The molecule has 134 valence electrons. The van der Waals surface area contributed by atoms with Crippen LogP contribution < -0.4 is 14.8 Å². The van der Waals surface area contributed by atoms with Crippen molar-refractivity contribution in [2.24, 2.45) is 0 Å². The molecule has 0 radical (unpaired) electrons. The lowest BCUT2D eigenvalue weighted by Gasteiger charge is -2.19. The summed E-state index contributed by atoms with van der Waals surface area (Å²) in [7, 11) is 0. The molecule has 0 heterocycles. The third kappa shape index (κ3) is 5.24. The zero-order valence-electron chi connectivity index (χ0n) is 15.5. The van der Waals surface area contributed by atoms with Gasteiger partial charge in [0, 0.05) is 0 Å². The Hall–Kier alpha value is -2.49. The van der Waals surface area contributed by atoms with Crippen LogP contribution in [0.3, 0.4) is 0 Å². The van der Waals surface area contributed by atoms with Gasteiger partial charge in [-0.2, -0.15) is 0 Å². The van der Waals surface area contributed by atoms with Crippen molar-refractivity contribution in [2.45, 2.75) is 40.2 Å². The van der Waals surface area contributed by atoms with E-state index in [1.54, 1.807) is 0 Å². The van der Waals surface area contributed by atoms with Crippen LogP contribution in [-0.4, -0.2) is 25.2 Å². The third-order valence-corrected chi connectivity index (χ3v) is 4.24. The van der Waals surface area contributed by atoms with Gasteiger partial charge in [0.05, 0.1) is 6.54 Å². The molecule has 1 atom stereocenters. The predicted molar refractivity (Wildman–Crippen MR) is 100 cm³/mol. The zero-order chi connectivity index (χ0) is 18.2. The first-order valence-corrected chi connectivity index (χ1v) is 8.72. The maximum absolute atomic E-state index is 12.4. The fraction of sp³-hybridized carbons (Fsp3) is 0.381. The van der Waals surface area contributed by atoms with Crippen LogP contribution in [0.15, 0.2) is 42.5 Å². The van der Waals surface area contributed by atoms with Gasteiger partial charge in [0.1, 0.15) is 18.1 Å². The number of aryl methyl sites for hydroxylation is 2. The molecule has 0 aliphatic heterocycles. The van der Waals surface area contributed by atoms with Gasteiger partial charge in [-0.25, -0.2) is 0 Å². The molecule has 4 nitrogen and oxygen atoms in total. The molecule has 2 aromatic carbocycles. The Morgan fingerprint density at radius 3 is 2.40 bits per heavy atom. The Morgan fingerprint density at radius 1 is 1.00 bits per heavy atom. The highest BCUT2D eigenvalue weighted by Crippen LogP contribution is 2.22. The van der Waals surface area contributed by atoms with E-state index >= 15 is 0 Å². The second-order valence-corrected chi connectivity index (χ2v) is 6.12. The molecule has 2 rings (SSSR count). The molecule has 0 unspecified atom stereocenters. The van der Waals surface area contributed by atoms with Crippen molar-refractivity contribution in [2.75, 3.05) is 13.2 Å². The van der Waals surface area contributed by atoms with E-state index in [0.717, 1.165) is 28.2 Å². The van der Waals surface area contributed by atoms with Crippen molar-refractivity contribution < 1.29 is 14.3 Å². The van der Waals surface area contributed by atoms with E-state index in [1.807, 2.05) is 70.2 Å². The van der Waals surface area contributed by atoms with Gasteiger partial charge in [0.25, 0.3) is 5.91 Å². The molecule has 0 aliphatic rings. The van der Waals surface area contributed by atoms with Crippen LogP contribution in [0.2, 0.25) is 0 Å². The molecular formula is C21H27NO3. The number of ether oxygens (including phenoxy) is 2. The number of carbonyl (C=O) groups excluding carboxylic acids is 1. The summed E-state index contributed by atoms with van der Waals surface area (Å²) >= 11 is 0. The van der Waals surface area contributed by atoms with Crippen molar-refractivity contribution in [1.82, 2.24) is 5.32 Å². The number of para-hydroxylation sites is 1. The van der Waals surface area contributed by atoms with E-state index in [2.05, 4.69) is 5.32 Å². The number of benzene rings is 2. The highest BCUT2D eigenvalue weighted by Gasteiger charge is 2.19. The average molecular weight is 341 g/mol. The van der Waals surface area contributed by atoms with Crippen LogP contribution in [-0.2, 0) is 4.79 Å². The van der Waals surface area contributed by atoms with Crippen molar-refractivity contribution in [3.63, 3.8) is 0 Å². The smallest absolute Gasteiger partial charge is 0.261 e. The quantitative estimate of drug-likeness (QED) is 0.739. The molecule has 0 aromatic heterocycles. The molecule has 0 saturated heterocycles. The molecule has 0 bridgehead atoms. The Morgan fingerprint density at radius 2 is 1.68 bits per heavy atom. The lowest BCUT2D eigenvalue weighted by Crippen LogP contribution is -2.39. The SMILES string of the molecule is CC[C@@H](Oc1cccc(C)c1C)C(=O)NCCOc1ccccc1C. The monoisotopic (exact) mass is 341 g/mol. The summed E-state index contributed by atoms with van der Waals surface area (Å²) in [5.41, 5.74) is 3.30. The molecule has 0 fully saturated rings. The summed E-state index contributed by atoms with van der Waals surface area (Å²) in [4.78, 5) is 12.4. The largest absolute Gasteiger partial charge is 0.491 e. The van der Waals surface area contributed by atoms with E-state index < -0.39 is 6.10 Å². The van der Waals surface area contributed by atoms with E-state index in [4.69, 9.17) is 9.47 Å². The zero-order valence-corrected chi connectivity index (χ0v) is 15.5. The van der Waals surface area contributed by atoms with Crippen molar-refractivity contribution >= 4 is 5.91 Å². The minimum absolute atomic E-state index is 0.114. The summed E-state index contributed by atoms with van der Waals surface area (Å²) in [6.07, 6.45) is 0.108. The van der Waals surface area contributed by atoms with Gasteiger partial charge in [-0.3, -0.25) is 4.79 Å². The number of carbonyl (C=O) groups is 1. The topological polar surface area (TPSA) is 47.6 Å². The number of rotatable bonds is 8. The molecule has 0 aliphatic carbocycles. The van der Waals surface area contributed by atoms with Crippen LogP contribution in [0.1, 0.15) is 30.0 Å². The normalized spacial score (nSPS) is 11.7. The van der Waals surface area contributed by atoms with Gasteiger partial charge in [-0.15, -0.1) is 0 Å². The molecule has 4 heteroatoms.